The van der Waals surface area contributed by atoms with Crippen molar-refractivity contribution in [1.29, 1.82) is 0 Å². The molecule has 21 heavy (non-hydrogen) atoms. The quantitative estimate of drug-likeness (QED) is 0.808. The summed E-state index contributed by atoms with van der Waals surface area (Å²) in [6.07, 6.45) is -5.88. The van der Waals surface area contributed by atoms with Crippen LogP contribution in [0.1, 0.15) is 18.9 Å². The van der Waals surface area contributed by atoms with Gasteiger partial charge in [0, 0.05) is 12.0 Å². The minimum atomic E-state index is -4.88. The maximum atomic E-state index is 13.6. The molecule has 0 radical (unpaired) electrons. The van der Waals surface area contributed by atoms with Gasteiger partial charge in [0.05, 0.1) is 12.8 Å². The molecule has 1 unspecified atom stereocenters. The number of ether oxygens (including phenoxy) is 2. The van der Waals surface area contributed by atoms with Crippen LogP contribution in [0.2, 0.25) is 0 Å². The van der Waals surface area contributed by atoms with Crippen molar-refractivity contribution in [3.05, 3.63) is 23.8 Å². The Hall–Kier alpha value is -2.36. The summed E-state index contributed by atoms with van der Waals surface area (Å²) in [4.78, 5) is 11.5. The Morgan fingerprint density at radius 3 is 2.71 bits per heavy atom. The average molecular weight is 299 g/mol. The van der Waals surface area contributed by atoms with Gasteiger partial charge in [0.25, 0.3) is 5.60 Å². The van der Waals surface area contributed by atoms with Crippen molar-refractivity contribution in [3.63, 3.8) is 0 Å². The minimum absolute atomic E-state index is 0.00484. The monoisotopic (exact) mass is 299 g/mol. The highest BCUT2D eigenvalue weighted by atomic mass is 19.4. The molecule has 0 saturated carbocycles. The minimum Gasteiger partial charge on any atom is -0.497 e. The Morgan fingerprint density at radius 1 is 1.43 bits per heavy atom. The van der Waals surface area contributed by atoms with Gasteiger partial charge in [-0.25, -0.2) is 4.79 Å². The Morgan fingerprint density at radius 2 is 2.14 bits per heavy atom. The van der Waals surface area contributed by atoms with E-state index in [2.05, 4.69) is 16.0 Å². The number of hydrogen-bond acceptors (Lipinski definition) is 3. The first kappa shape index (κ1) is 15.0. The van der Waals surface area contributed by atoms with Crippen molar-refractivity contribution in [1.82, 2.24) is 0 Å². The number of carbonyl (C=O) groups excluding carboxylic acids is 1. The van der Waals surface area contributed by atoms with Crippen LogP contribution in [-0.4, -0.2) is 19.4 Å². The molecule has 1 atom stereocenters. The average Bonchev–Trinajstić information content (AvgIpc) is 2.42. The molecule has 1 aliphatic rings. The fourth-order valence-electron chi connectivity index (χ4n) is 1.97. The number of cyclic esters (lactones) is 1. The largest absolute Gasteiger partial charge is 0.497 e. The summed E-state index contributed by atoms with van der Waals surface area (Å²) in [5, 5.41) is 2.23. The van der Waals surface area contributed by atoms with E-state index >= 15 is 0 Å². The van der Waals surface area contributed by atoms with Gasteiger partial charge >= 0.3 is 12.3 Å². The second-order valence-electron chi connectivity index (χ2n) is 4.26. The number of carbonyl (C=O) groups is 1. The zero-order valence-corrected chi connectivity index (χ0v) is 11.3. The molecule has 1 aliphatic heterocycles. The van der Waals surface area contributed by atoms with Crippen LogP contribution in [0, 0.1) is 11.8 Å². The van der Waals surface area contributed by atoms with Crippen molar-refractivity contribution < 1.29 is 27.4 Å². The predicted molar refractivity (Wildman–Crippen MR) is 68.9 cm³/mol. The van der Waals surface area contributed by atoms with Crippen LogP contribution in [-0.2, 0) is 10.3 Å². The third kappa shape index (κ3) is 2.49. The number of halogens is 3. The Balaban J connectivity index is 2.74. The SMILES string of the molecule is CCC#CC1(C(F)(F)F)OC(=O)Nc2ccc(OC)cc21. The van der Waals surface area contributed by atoms with Gasteiger partial charge in [-0.1, -0.05) is 12.8 Å². The number of fused-ring (bicyclic) bond motifs is 1. The lowest BCUT2D eigenvalue weighted by atomic mass is 9.90. The molecule has 0 aliphatic carbocycles. The maximum absolute atomic E-state index is 13.6. The number of benzene rings is 1. The second-order valence-corrected chi connectivity index (χ2v) is 4.26. The lowest BCUT2D eigenvalue weighted by Crippen LogP contribution is -2.49. The first-order valence-corrected chi connectivity index (χ1v) is 6.09. The molecule has 1 amide bonds. The van der Waals surface area contributed by atoms with E-state index in [9.17, 15) is 18.0 Å². The first-order chi connectivity index (χ1) is 9.84. The molecular weight excluding hydrogens is 287 g/mol. The molecular formula is C14H12F3NO3. The lowest BCUT2D eigenvalue weighted by molar-refractivity contribution is -0.239. The molecule has 1 N–H and O–H groups in total. The molecule has 1 aromatic rings. The molecule has 0 spiro atoms. The number of alkyl halides is 3. The van der Waals surface area contributed by atoms with Gasteiger partial charge < -0.3 is 9.47 Å². The zero-order chi connectivity index (χ0) is 15.7. The summed E-state index contributed by atoms with van der Waals surface area (Å²) in [6.45, 7) is 1.60. The molecule has 112 valence electrons. The molecule has 1 aromatic carbocycles. The number of rotatable bonds is 1. The Labute approximate surface area is 119 Å². The van der Waals surface area contributed by atoms with E-state index in [-0.39, 0.29) is 23.4 Å². The number of nitrogens with one attached hydrogen (secondary N) is 1. The van der Waals surface area contributed by atoms with Gasteiger partial charge in [-0.05, 0) is 24.1 Å². The van der Waals surface area contributed by atoms with Crippen LogP contribution >= 0.6 is 0 Å². The fourth-order valence-corrected chi connectivity index (χ4v) is 1.97. The highest BCUT2D eigenvalue weighted by Crippen LogP contribution is 2.48. The van der Waals surface area contributed by atoms with E-state index in [0.29, 0.717) is 0 Å². The van der Waals surface area contributed by atoms with Crippen LogP contribution < -0.4 is 10.1 Å². The fraction of sp³-hybridized carbons (Fsp3) is 0.357. The van der Waals surface area contributed by atoms with E-state index in [4.69, 9.17) is 4.74 Å². The van der Waals surface area contributed by atoms with Crippen LogP contribution in [0.3, 0.4) is 0 Å². The molecule has 0 aromatic heterocycles. The van der Waals surface area contributed by atoms with Crippen molar-refractivity contribution in [2.45, 2.75) is 25.1 Å². The Kier molecular flexibility index (Phi) is 3.73. The molecule has 0 bridgehead atoms. The molecule has 4 nitrogen and oxygen atoms in total. The molecule has 0 saturated heterocycles. The van der Waals surface area contributed by atoms with Crippen molar-refractivity contribution in [2.75, 3.05) is 12.4 Å². The van der Waals surface area contributed by atoms with Gasteiger partial charge in [-0.15, -0.1) is 0 Å². The van der Waals surface area contributed by atoms with E-state index in [1.54, 1.807) is 6.92 Å². The van der Waals surface area contributed by atoms with Crippen LogP contribution in [0.5, 0.6) is 5.75 Å². The van der Waals surface area contributed by atoms with Gasteiger partial charge in [0.1, 0.15) is 5.75 Å². The highest BCUT2D eigenvalue weighted by molar-refractivity contribution is 5.90. The lowest BCUT2D eigenvalue weighted by Gasteiger charge is -2.35. The number of hydrogen-bond donors (Lipinski definition) is 1. The van der Waals surface area contributed by atoms with Crippen molar-refractivity contribution in [2.24, 2.45) is 0 Å². The second kappa shape index (κ2) is 5.20. The summed E-state index contributed by atoms with van der Waals surface area (Å²) in [7, 11) is 1.33. The third-order valence-corrected chi connectivity index (χ3v) is 2.93. The smallest absolute Gasteiger partial charge is 0.445 e. The van der Waals surface area contributed by atoms with Gasteiger partial charge in [0.2, 0.25) is 0 Å². The summed E-state index contributed by atoms with van der Waals surface area (Å²) >= 11 is 0. The Bertz CT molecular complexity index is 631. The standard InChI is InChI=1S/C14H12F3NO3/c1-3-4-7-13(14(15,16)17)10-8-9(20-2)5-6-11(10)18-12(19)21-13/h5-6,8H,3H2,1-2H3,(H,18,19). The van der Waals surface area contributed by atoms with Gasteiger partial charge in [0.15, 0.2) is 0 Å². The molecule has 7 heteroatoms. The summed E-state index contributed by atoms with van der Waals surface area (Å²) in [5.41, 5.74) is -3.29. The number of anilines is 1. The van der Waals surface area contributed by atoms with Crippen LogP contribution in [0.4, 0.5) is 23.7 Å². The number of methoxy groups -OCH3 is 1. The van der Waals surface area contributed by atoms with E-state index in [0.717, 1.165) is 6.07 Å². The van der Waals surface area contributed by atoms with E-state index in [1.807, 2.05) is 5.92 Å². The van der Waals surface area contributed by atoms with Crippen LogP contribution in [0.25, 0.3) is 0 Å². The van der Waals surface area contributed by atoms with E-state index < -0.39 is 17.9 Å². The zero-order valence-electron chi connectivity index (χ0n) is 11.3. The van der Waals surface area contributed by atoms with E-state index in [1.165, 1.54) is 19.2 Å². The van der Waals surface area contributed by atoms with Crippen molar-refractivity contribution >= 4 is 11.8 Å². The normalized spacial score (nSPS) is 20.5. The molecule has 0 fully saturated rings. The third-order valence-electron chi connectivity index (χ3n) is 2.93. The topological polar surface area (TPSA) is 47.6 Å². The maximum Gasteiger partial charge on any atom is 0.445 e. The number of amides is 1. The molecule has 1 heterocycles. The van der Waals surface area contributed by atoms with Crippen LogP contribution in [0.15, 0.2) is 18.2 Å². The summed E-state index contributed by atoms with van der Waals surface area (Å²) < 4.78 is 50.2. The van der Waals surface area contributed by atoms with Gasteiger partial charge in [-0.3, -0.25) is 5.32 Å². The predicted octanol–water partition coefficient (Wildman–Crippen LogP) is 3.43. The van der Waals surface area contributed by atoms with Crippen molar-refractivity contribution in [3.8, 4) is 17.6 Å². The first-order valence-electron chi connectivity index (χ1n) is 6.09. The highest BCUT2D eigenvalue weighted by Gasteiger charge is 2.62. The summed E-state index contributed by atoms with van der Waals surface area (Å²) in [6, 6.07) is 3.92. The van der Waals surface area contributed by atoms with Gasteiger partial charge in [-0.2, -0.15) is 13.2 Å². The molecule has 2 rings (SSSR count). The summed E-state index contributed by atoms with van der Waals surface area (Å²) in [5.74, 6) is 4.61.